The fourth-order valence-electron chi connectivity index (χ4n) is 1.73. The highest BCUT2D eigenvalue weighted by atomic mass is 16.5. The van der Waals surface area contributed by atoms with Gasteiger partial charge in [-0.3, -0.25) is 0 Å². The Balaban J connectivity index is 2.22. The third-order valence-electron chi connectivity index (χ3n) is 2.58. The highest BCUT2D eigenvalue weighted by molar-refractivity contribution is 5.29. The number of aliphatic hydroxyl groups is 3. The summed E-state index contributed by atoms with van der Waals surface area (Å²) in [6, 6.07) is 0. The Morgan fingerprint density at radius 1 is 1.58 bits per heavy atom. The molecule has 0 bridgehead atoms. The van der Waals surface area contributed by atoms with Crippen molar-refractivity contribution in [3.63, 3.8) is 0 Å². The maximum absolute atomic E-state index is 9.68. The second-order valence-electron chi connectivity index (χ2n) is 3.33. The lowest BCUT2D eigenvalue weighted by Crippen LogP contribution is -2.71. The SMILES string of the molecule is CCC1=CC2(O)C(O)[C@@H](O)C2O1. The summed E-state index contributed by atoms with van der Waals surface area (Å²) in [5.74, 6) is 0.637. The van der Waals surface area contributed by atoms with Gasteiger partial charge in [-0.05, 0) is 6.08 Å². The summed E-state index contributed by atoms with van der Waals surface area (Å²) in [4.78, 5) is 0. The smallest absolute Gasteiger partial charge is 0.162 e. The lowest BCUT2D eigenvalue weighted by Gasteiger charge is -2.46. The fraction of sp³-hybridized carbons (Fsp3) is 0.750. The minimum Gasteiger partial charge on any atom is -0.489 e. The van der Waals surface area contributed by atoms with Crippen molar-refractivity contribution in [2.75, 3.05) is 0 Å². The number of aliphatic hydroxyl groups excluding tert-OH is 2. The van der Waals surface area contributed by atoms with Crippen LogP contribution in [0.5, 0.6) is 0 Å². The van der Waals surface area contributed by atoms with Gasteiger partial charge in [0.25, 0.3) is 0 Å². The molecule has 0 spiro atoms. The topological polar surface area (TPSA) is 69.9 Å². The molecular weight excluding hydrogens is 160 g/mol. The summed E-state index contributed by atoms with van der Waals surface area (Å²) in [7, 11) is 0. The van der Waals surface area contributed by atoms with Crippen LogP contribution in [0.15, 0.2) is 11.8 Å². The Morgan fingerprint density at radius 2 is 2.25 bits per heavy atom. The molecule has 0 aromatic heterocycles. The van der Waals surface area contributed by atoms with Gasteiger partial charge in [0.2, 0.25) is 0 Å². The Kier molecular flexibility index (Phi) is 1.49. The quantitative estimate of drug-likeness (QED) is 0.481. The van der Waals surface area contributed by atoms with Crippen LogP contribution < -0.4 is 0 Å². The van der Waals surface area contributed by atoms with E-state index in [0.29, 0.717) is 12.2 Å². The summed E-state index contributed by atoms with van der Waals surface area (Å²) in [5, 5.41) is 28.1. The second kappa shape index (κ2) is 2.22. The number of allylic oxidation sites excluding steroid dienone is 1. The van der Waals surface area contributed by atoms with Gasteiger partial charge in [0.1, 0.15) is 12.2 Å². The molecule has 4 atom stereocenters. The van der Waals surface area contributed by atoms with E-state index in [2.05, 4.69) is 0 Å². The standard InChI is InChI=1S/C8H12O4/c1-2-4-3-8(11)6(10)5(9)7(8)12-4/h3,5-7,9-11H,2H2,1H3/t5-,6?,7?,8?/m1/s1. The zero-order chi connectivity index (χ0) is 8.93. The Hall–Kier alpha value is -0.580. The zero-order valence-corrected chi connectivity index (χ0v) is 6.77. The lowest BCUT2D eigenvalue weighted by molar-refractivity contribution is -0.253. The van der Waals surface area contributed by atoms with Crippen molar-refractivity contribution in [2.45, 2.75) is 37.3 Å². The van der Waals surface area contributed by atoms with Crippen LogP contribution in [-0.4, -0.2) is 39.2 Å². The second-order valence-corrected chi connectivity index (χ2v) is 3.33. The van der Waals surface area contributed by atoms with Gasteiger partial charge < -0.3 is 20.1 Å². The van der Waals surface area contributed by atoms with Crippen molar-refractivity contribution in [1.82, 2.24) is 0 Å². The van der Waals surface area contributed by atoms with Crippen LogP contribution in [0.25, 0.3) is 0 Å². The van der Waals surface area contributed by atoms with E-state index in [0.717, 1.165) is 0 Å². The van der Waals surface area contributed by atoms with E-state index in [-0.39, 0.29) is 0 Å². The normalized spacial score (nSPS) is 50.7. The number of ether oxygens (including phenoxy) is 1. The monoisotopic (exact) mass is 172 g/mol. The lowest BCUT2D eigenvalue weighted by atomic mass is 9.72. The first-order valence-electron chi connectivity index (χ1n) is 4.06. The highest BCUT2D eigenvalue weighted by Gasteiger charge is 2.64. The van der Waals surface area contributed by atoms with Gasteiger partial charge in [0.05, 0.1) is 5.76 Å². The summed E-state index contributed by atoms with van der Waals surface area (Å²) < 4.78 is 5.20. The maximum Gasteiger partial charge on any atom is 0.162 e. The molecule has 3 N–H and O–H groups in total. The van der Waals surface area contributed by atoms with E-state index in [1.54, 1.807) is 0 Å². The van der Waals surface area contributed by atoms with Crippen molar-refractivity contribution < 1.29 is 20.1 Å². The van der Waals surface area contributed by atoms with Crippen molar-refractivity contribution in [1.29, 1.82) is 0 Å². The molecule has 0 aromatic rings. The minimum absolute atomic E-state index is 0.637. The zero-order valence-electron chi connectivity index (χ0n) is 6.77. The molecule has 1 heterocycles. The average molecular weight is 172 g/mol. The molecule has 2 aliphatic rings. The Labute approximate surface area is 70.1 Å². The predicted octanol–water partition coefficient (Wildman–Crippen LogP) is -0.854. The molecule has 12 heavy (non-hydrogen) atoms. The van der Waals surface area contributed by atoms with Crippen molar-refractivity contribution in [2.24, 2.45) is 0 Å². The highest BCUT2D eigenvalue weighted by Crippen LogP contribution is 2.43. The molecule has 1 aliphatic heterocycles. The van der Waals surface area contributed by atoms with E-state index in [1.807, 2.05) is 6.92 Å². The number of hydrogen-bond donors (Lipinski definition) is 3. The Bertz CT molecular complexity index is 237. The molecule has 1 fully saturated rings. The molecule has 0 radical (unpaired) electrons. The van der Waals surface area contributed by atoms with Crippen LogP contribution in [0.4, 0.5) is 0 Å². The molecule has 0 saturated heterocycles. The molecule has 4 nitrogen and oxygen atoms in total. The fourth-order valence-corrected chi connectivity index (χ4v) is 1.73. The largest absolute Gasteiger partial charge is 0.489 e. The van der Waals surface area contributed by atoms with Crippen LogP contribution in [0.1, 0.15) is 13.3 Å². The van der Waals surface area contributed by atoms with Gasteiger partial charge in [-0.25, -0.2) is 0 Å². The van der Waals surface area contributed by atoms with E-state index >= 15 is 0 Å². The summed E-state index contributed by atoms with van der Waals surface area (Å²) in [6.45, 7) is 1.89. The summed E-state index contributed by atoms with van der Waals surface area (Å²) in [5.41, 5.74) is -1.34. The van der Waals surface area contributed by atoms with Gasteiger partial charge in [-0.1, -0.05) is 6.92 Å². The molecule has 0 amide bonds. The molecule has 68 valence electrons. The first-order valence-corrected chi connectivity index (χ1v) is 4.06. The van der Waals surface area contributed by atoms with Crippen molar-refractivity contribution in [3.8, 4) is 0 Å². The number of rotatable bonds is 1. The van der Waals surface area contributed by atoms with E-state index in [9.17, 15) is 15.3 Å². The van der Waals surface area contributed by atoms with Gasteiger partial charge in [0.15, 0.2) is 11.7 Å². The molecule has 1 saturated carbocycles. The van der Waals surface area contributed by atoms with Crippen molar-refractivity contribution in [3.05, 3.63) is 11.8 Å². The van der Waals surface area contributed by atoms with Crippen molar-refractivity contribution >= 4 is 0 Å². The average Bonchev–Trinajstić information content (AvgIpc) is 2.39. The first-order chi connectivity index (χ1) is 5.59. The van der Waals surface area contributed by atoms with Crippen LogP contribution in [0.2, 0.25) is 0 Å². The third kappa shape index (κ3) is 0.722. The van der Waals surface area contributed by atoms with Crippen LogP contribution in [0.3, 0.4) is 0 Å². The molecular formula is C8H12O4. The summed E-state index contributed by atoms with van der Waals surface area (Å²) in [6.07, 6.45) is -0.572. The number of hydrogen-bond acceptors (Lipinski definition) is 4. The van der Waals surface area contributed by atoms with Gasteiger partial charge in [-0.15, -0.1) is 0 Å². The van der Waals surface area contributed by atoms with E-state index in [4.69, 9.17) is 4.74 Å². The third-order valence-corrected chi connectivity index (χ3v) is 2.58. The molecule has 1 aliphatic carbocycles. The van der Waals surface area contributed by atoms with E-state index in [1.165, 1.54) is 6.08 Å². The molecule has 3 unspecified atom stereocenters. The van der Waals surface area contributed by atoms with Gasteiger partial charge >= 0.3 is 0 Å². The number of fused-ring (bicyclic) bond motifs is 1. The molecule has 2 rings (SSSR count). The Morgan fingerprint density at radius 3 is 2.75 bits per heavy atom. The first kappa shape index (κ1) is 8.04. The van der Waals surface area contributed by atoms with Crippen LogP contribution in [-0.2, 0) is 4.74 Å². The molecule has 0 aromatic carbocycles. The van der Waals surface area contributed by atoms with Gasteiger partial charge in [0, 0.05) is 6.42 Å². The minimum atomic E-state index is -1.34. The summed E-state index contributed by atoms with van der Waals surface area (Å²) >= 11 is 0. The predicted molar refractivity (Wildman–Crippen MR) is 40.2 cm³/mol. The molecule has 4 heteroatoms. The van der Waals surface area contributed by atoms with E-state index < -0.39 is 23.9 Å². The maximum atomic E-state index is 9.68. The van der Waals surface area contributed by atoms with Gasteiger partial charge in [-0.2, -0.15) is 0 Å². The van der Waals surface area contributed by atoms with Crippen LogP contribution in [0, 0.1) is 0 Å². The van der Waals surface area contributed by atoms with Crippen LogP contribution >= 0.6 is 0 Å².